The Morgan fingerprint density at radius 1 is 1.17 bits per heavy atom. The molecule has 1 aliphatic rings. The molecular formula is C24H27Cl2F3N4O2. The van der Waals surface area contributed by atoms with Gasteiger partial charge in [-0.05, 0) is 31.0 Å². The number of alkyl halides is 3. The monoisotopic (exact) mass is 530 g/mol. The van der Waals surface area contributed by atoms with Crippen LogP contribution in [-0.2, 0) is 28.7 Å². The number of fused-ring (bicyclic) bond motifs is 1. The fourth-order valence-electron chi connectivity index (χ4n) is 4.28. The van der Waals surface area contributed by atoms with Crippen molar-refractivity contribution in [3.05, 3.63) is 58.9 Å². The maximum Gasteiger partial charge on any atom is 0.417 e. The fourth-order valence-corrected chi connectivity index (χ4v) is 4.56. The molecular weight excluding hydrogens is 504 g/mol. The van der Waals surface area contributed by atoms with Crippen molar-refractivity contribution in [1.82, 2.24) is 14.5 Å². The van der Waals surface area contributed by atoms with Gasteiger partial charge in [0.25, 0.3) is 0 Å². The third-order valence-electron chi connectivity index (χ3n) is 5.99. The quantitative estimate of drug-likeness (QED) is 0.399. The molecule has 0 N–H and O–H groups in total. The van der Waals surface area contributed by atoms with Gasteiger partial charge in [0.2, 0.25) is 0 Å². The SMILES string of the molecule is CCOC(=O)Cn1cc(CCN2CCN(c3ncc(C(F)(F)F)cc3Cl)CC2)c2ccccc21.Cl. The van der Waals surface area contributed by atoms with E-state index in [4.69, 9.17) is 16.3 Å². The summed E-state index contributed by atoms with van der Waals surface area (Å²) in [5.41, 5.74) is 1.31. The van der Waals surface area contributed by atoms with Crippen LogP contribution >= 0.6 is 24.0 Å². The van der Waals surface area contributed by atoms with Crippen LogP contribution < -0.4 is 4.90 Å². The Hall–Kier alpha value is -2.49. The number of halogens is 5. The lowest BCUT2D eigenvalue weighted by Crippen LogP contribution is -2.47. The van der Waals surface area contributed by atoms with Crippen LogP contribution in [0.4, 0.5) is 19.0 Å². The van der Waals surface area contributed by atoms with Crippen molar-refractivity contribution in [1.29, 1.82) is 0 Å². The average molecular weight is 531 g/mol. The van der Waals surface area contributed by atoms with E-state index in [0.29, 0.717) is 25.5 Å². The lowest BCUT2D eigenvalue weighted by Gasteiger charge is -2.35. The number of ether oxygens (including phenoxy) is 1. The van der Waals surface area contributed by atoms with Gasteiger partial charge < -0.3 is 14.2 Å². The summed E-state index contributed by atoms with van der Waals surface area (Å²) >= 11 is 6.11. The molecule has 1 saturated heterocycles. The van der Waals surface area contributed by atoms with Crippen LogP contribution in [0, 0.1) is 0 Å². The number of esters is 1. The number of hydrogen-bond acceptors (Lipinski definition) is 5. The number of aromatic nitrogens is 2. The van der Waals surface area contributed by atoms with Crippen molar-refractivity contribution in [2.45, 2.75) is 26.1 Å². The zero-order valence-corrected chi connectivity index (χ0v) is 20.8. The van der Waals surface area contributed by atoms with Crippen LogP contribution in [0.5, 0.6) is 0 Å². The summed E-state index contributed by atoms with van der Waals surface area (Å²) in [5.74, 6) is 0.123. The Bertz CT molecular complexity index is 1160. The van der Waals surface area contributed by atoms with Crippen LogP contribution in [0.25, 0.3) is 10.9 Å². The van der Waals surface area contributed by atoms with E-state index < -0.39 is 11.7 Å². The van der Waals surface area contributed by atoms with Crippen LogP contribution in [0.2, 0.25) is 5.02 Å². The molecule has 0 bridgehead atoms. The highest BCUT2D eigenvalue weighted by Crippen LogP contribution is 2.33. The number of anilines is 1. The van der Waals surface area contributed by atoms with Crippen LogP contribution in [0.3, 0.4) is 0 Å². The Morgan fingerprint density at radius 2 is 1.89 bits per heavy atom. The van der Waals surface area contributed by atoms with E-state index in [-0.39, 0.29) is 29.9 Å². The number of para-hydroxylation sites is 1. The van der Waals surface area contributed by atoms with E-state index in [1.165, 1.54) is 0 Å². The zero-order chi connectivity index (χ0) is 24.3. The van der Waals surface area contributed by atoms with E-state index in [1.807, 2.05) is 33.9 Å². The smallest absolute Gasteiger partial charge is 0.417 e. The minimum absolute atomic E-state index is 0. The molecule has 2 aromatic heterocycles. The number of piperazine rings is 1. The Balaban J connectivity index is 0.00000342. The van der Waals surface area contributed by atoms with E-state index in [1.54, 1.807) is 6.92 Å². The van der Waals surface area contributed by atoms with Crippen molar-refractivity contribution >= 4 is 46.7 Å². The first-order chi connectivity index (χ1) is 16.3. The lowest BCUT2D eigenvalue weighted by atomic mass is 10.1. The first-order valence-electron chi connectivity index (χ1n) is 11.2. The third-order valence-corrected chi connectivity index (χ3v) is 6.27. The minimum atomic E-state index is -4.46. The number of nitrogens with zero attached hydrogens (tertiary/aromatic N) is 4. The molecule has 0 unspecified atom stereocenters. The van der Waals surface area contributed by atoms with Gasteiger partial charge in [-0.3, -0.25) is 9.69 Å². The summed E-state index contributed by atoms with van der Waals surface area (Å²) in [7, 11) is 0. The standard InChI is InChI=1S/C24H26ClF3N4O2.ClH/c1-2-34-22(33)16-32-15-17(19-5-3-4-6-21(19)32)7-8-30-9-11-31(12-10-30)23-20(25)13-18(14-29-23)24(26,27)28;/h3-6,13-15H,2,7-12,16H2,1H3;1H. The van der Waals surface area contributed by atoms with Crippen LogP contribution in [0.1, 0.15) is 18.1 Å². The molecule has 3 heterocycles. The number of carbonyl (C=O) groups excluding carboxylic acids is 1. The first kappa shape index (κ1) is 27.1. The van der Waals surface area contributed by atoms with Crippen LogP contribution in [0.15, 0.2) is 42.7 Å². The van der Waals surface area contributed by atoms with E-state index in [2.05, 4.69) is 16.0 Å². The number of hydrogen-bond donors (Lipinski definition) is 0. The maximum absolute atomic E-state index is 12.9. The van der Waals surface area contributed by atoms with E-state index >= 15 is 0 Å². The molecule has 0 radical (unpaired) electrons. The van der Waals surface area contributed by atoms with Gasteiger partial charge in [0.1, 0.15) is 12.4 Å². The molecule has 6 nitrogen and oxygen atoms in total. The van der Waals surface area contributed by atoms with Gasteiger partial charge in [-0.2, -0.15) is 13.2 Å². The average Bonchev–Trinajstić information content (AvgIpc) is 3.15. The molecule has 0 aliphatic carbocycles. The summed E-state index contributed by atoms with van der Waals surface area (Å²) in [5, 5.41) is 1.13. The molecule has 0 atom stereocenters. The fraction of sp³-hybridized carbons (Fsp3) is 0.417. The topological polar surface area (TPSA) is 50.6 Å². The Morgan fingerprint density at radius 3 is 2.54 bits per heavy atom. The van der Waals surface area contributed by atoms with Gasteiger partial charge >= 0.3 is 12.1 Å². The largest absolute Gasteiger partial charge is 0.465 e. The molecule has 3 aromatic rings. The van der Waals surface area contributed by atoms with Crippen LogP contribution in [-0.4, -0.2) is 59.8 Å². The van der Waals surface area contributed by atoms with Gasteiger partial charge in [0.15, 0.2) is 0 Å². The zero-order valence-electron chi connectivity index (χ0n) is 19.2. The Kier molecular flexibility index (Phi) is 8.90. The van der Waals surface area contributed by atoms with Crippen molar-refractivity contribution in [2.75, 3.05) is 44.2 Å². The lowest BCUT2D eigenvalue weighted by molar-refractivity contribution is -0.143. The van der Waals surface area contributed by atoms with Gasteiger partial charge in [-0.15, -0.1) is 12.4 Å². The second-order valence-electron chi connectivity index (χ2n) is 8.21. The van der Waals surface area contributed by atoms with Crippen molar-refractivity contribution in [2.24, 2.45) is 0 Å². The number of benzene rings is 1. The van der Waals surface area contributed by atoms with Crippen molar-refractivity contribution < 1.29 is 22.7 Å². The molecule has 1 fully saturated rings. The molecule has 0 spiro atoms. The first-order valence-corrected chi connectivity index (χ1v) is 11.6. The van der Waals surface area contributed by atoms with Gasteiger partial charge in [-0.25, -0.2) is 4.98 Å². The predicted molar refractivity (Wildman–Crippen MR) is 132 cm³/mol. The van der Waals surface area contributed by atoms with E-state index in [9.17, 15) is 18.0 Å². The second-order valence-corrected chi connectivity index (χ2v) is 8.62. The van der Waals surface area contributed by atoms with Gasteiger partial charge in [0.05, 0.1) is 17.2 Å². The number of carbonyl (C=O) groups is 1. The minimum Gasteiger partial charge on any atom is -0.465 e. The second kappa shape index (κ2) is 11.5. The summed E-state index contributed by atoms with van der Waals surface area (Å²) < 4.78 is 45.6. The molecule has 4 rings (SSSR count). The van der Waals surface area contributed by atoms with E-state index in [0.717, 1.165) is 54.8 Å². The van der Waals surface area contributed by atoms with Gasteiger partial charge in [0, 0.05) is 56.0 Å². The number of pyridine rings is 1. The summed E-state index contributed by atoms with van der Waals surface area (Å²) in [6.07, 6.45) is -0.799. The molecule has 0 amide bonds. The summed E-state index contributed by atoms with van der Waals surface area (Å²) in [4.78, 5) is 20.2. The molecule has 11 heteroatoms. The normalized spacial score (nSPS) is 14.7. The highest BCUT2D eigenvalue weighted by Gasteiger charge is 2.32. The maximum atomic E-state index is 12.9. The summed E-state index contributed by atoms with van der Waals surface area (Å²) in [6, 6.07) is 8.93. The number of rotatable bonds is 7. The highest BCUT2D eigenvalue weighted by atomic mass is 35.5. The Labute approximate surface area is 213 Å². The third kappa shape index (κ3) is 6.39. The molecule has 0 saturated carbocycles. The van der Waals surface area contributed by atoms with Crippen molar-refractivity contribution in [3.63, 3.8) is 0 Å². The molecule has 1 aliphatic heterocycles. The predicted octanol–water partition coefficient (Wildman–Crippen LogP) is 5.06. The van der Waals surface area contributed by atoms with Gasteiger partial charge in [-0.1, -0.05) is 29.8 Å². The summed E-state index contributed by atoms with van der Waals surface area (Å²) in [6.45, 7) is 5.90. The highest BCUT2D eigenvalue weighted by molar-refractivity contribution is 6.33. The van der Waals surface area contributed by atoms with Crippen molar-refractivity contribution in [3.8, 4) is 0 Å². The molecule has 35 heavy (non-hydrogen) atoms. The molecule has 190 valence electrons. The molecule has 1 aromatic carbocycles.